The third kappa shape index (κ3) is 4.42. The zero-order chi connectivity index (χ0) is 16.8. The molecule has 1 amide bonds. The third-order valence-corrected chi connectivity index (χ3v) is 4.24. The summed E-state index contributed by atoms with van der Waals surface area (Å²) in [5, 5.41) is 3.07. The van der Waals surface area contributed by atoms with Gasteiger partial charge >= 0.3 is 0 Å². The van der Waals surface area contributed by atoms with Crippen LogP contribution in [0.3, 0.4) is 0 Å². The highest BCUT2D eigenvalue weighted by Crippen LogP contribution is 2.18. The van der Waals surface area contributed by atoms with E-state index in [2.05, 4.69) is 41.4 Å². The average molecular weight is 310 g/mol. The zero-order valence-corrected chi connectivity index (χ0v) is 14.5. The molecule has 2 aromatic rings. The molecule has 1 atom stereocenters. The summed E-state index contributed by atoms with van der Waals surface area (Å²) in [4.78, 5) is 14.5. The van der Waals surface area contributed by atoms with Crippen LogP contribution in [0.4, 0.5) is 0 Å². The van der Waals surface area contributed by atoms with Crippen molar-refractivity contribution in [2.75, 3.05) is 20.6 Å². The fourth-order valence-electron chi connectivity index (χ4n) is 2.69. The Balaban J connectivity index is 2.08. The van der Waals surface area contributed by atoms with Crippen LogP contribution >= 0.6 is 0 Å². The van der Waals surface area contributed by atoms with Gasteiger partial charge < -0.3 is 10.2 Å². The van der Waals surface area contributed by atoms with Gasteiger partial charge in [-0.05, 0) is 50.2 Å². The van der Waals surface area contributed by atoms with E-state index in [4.69, 9.17) is 0 Å². The van der Waals surface area contributed by atoms with Crippen molar-refractivity contribution in [3.63, 3.8) is 0 Å². The van der Waals surface area contributed by atoms with Crippen LogP contribution in [0.2, 0.25) is 0 Å². The van der Waals surface area contributed by atoms with Crippen molar-refractivity contribution in [1.82, 2.24) is 10.2 Å². The number of hydrogen-bond acceptors (Lipinski definition) is 2. The van der Waals surface area contributed by atoms with Gasteiger partial charge in [0.1, 0.15) is 0 Å². The van der Waals surface area contributed by atoms with Gasteiger partial charge in [0.15, 0.2) is 0 Å². The Bertz CT molecular complexity index is 647. The van der Waals surface area contributed by atoms with E-state index in [-0.39, 0.29) is 11.9 Å². The molecule has 0 fully saturated rings. The van der Waals surface area contributed by atoms with Crippen LogP contribution in [0.1, 0.15) is 40.0 Å². The van der Waals surface area contributed by atoms with Crippen molar-refractivity contribution in [2.24, 2.45) is 0 Å². The predicted molar refractivity (Wildman–Crippen MR) is 95.8 cm³/mol. The molecule has 2 rings (SSSR count). The Morgan fingerprint density at radius 2 is 1.74 bits per heavy atom. The van der Waals surface area contributed by atoms with Crippen LogP contribution in [-0.2, 0) is 6.42 Å². The van der Waals surface area contributed by atoms with Gasteiger partial charge in [-0.1, -0.05) is 49.4 Å². The summed E-state index contributed by atoms with van der Waals surface area (Å²) < 4.78 is 0. The van der Waals surface area contributed by atoms with Crippen LogP contribution in [-0.4, -0.2) is 31.4 Å². The van der Waals surface area contributed by atoms with Gasteiger partial charge in [0, 0.05) is 12.1 Å². The molecule has 0 saturated carbocycles. The molecule has 0 radical (unpaired) electrons. The second kappa shape index (κ2) is 7.93. The molecule has 0 heterocycles. The average Bonchev–Trinajstić information content (AvgIpc) is 2.55. The minimum Gasteiger partial charge on any atom is -0.350 e. The lowest BCUT2D eigenvalue weighted by molar-refractivity contribution is 0.0941. The monoisotopic (exact) mass is 310 g/mol. The number of aryl methyl sites for hydroxylation is 2. The van der Waals surface area contributed by atoms with Crippen molar-refractivity contribution in [1.29, 1.82) is 0 Å². The summed E-state index contributed by atoms with van der Waals surface area (Å²) >= 11 is 0. The number of nitrogens with zero attached hydrogens (tertiary/aromatic N) is 1. The van der Waals surface area contributed by atoms with Crippen molar-refractivity contribution in [2.45, 2.75) is 26.3 Å². The molecule has 0 aromatic heterocycles. The van der Waals surface area contributed by atoms with Gasteiger partial charge in [-0.15, -0.1) is 0 Å². The molecule has 1 unspecified atom stereocenters. The minimum absolute atomic E-state index is 0.0138. The molecule has 122 valence electrons. The van der Waals surface area contributed by atoms with Crippen molar-refractivity contribution in [3.8, 4) is 0 Å². The Morgan fingerprint density at radius 3 is 2.30 bits per heavy atom. The van der Waals surface area contributed by atoms with Crippen LogP contribution in [0.5, 0.6) is 0 Å². The van der Waals surface area contributed by atoms with Crippen molar-refractivity contribution < 1.29 is 4.79 Å². The molecule has 0 aliphatic rings. The Morgan fingerprint density at radius 1 is 1.09 bits per heavy atom. The first-order valence-corrected chi connectivity index (χ1v) is 8.12. The van der Waals surface area contributed by atoms with Crippen LogP contribution < -0.4 is 5.32 Å². The maximum Gasteiger partial charge on any atom is 0.251 e. The highest BCUT2D eigenvalue weighted by molar-refractivity contribution is 5.95. The Hall–Kier alpha value is -2.13. The van der Waals surface area contributed by atoms with Gasteiger partial charge in [0.2, 0.25) is 0 Å². The summed E-state index contributed by atoms with van der Waals surface area (Å²) in [5.41, 5.74) is 4.29. The van der Waals surface area contributed by atoms with Crippen LogP contribution in [0, 0.1) is 6.92 Å². The molecule has 0 spiro atoms. The SMILES string of the molecule is CCc1ccc(C(CNC(=O)c2ccccc2C)N(C)C)cc1. The summed E-state index contributed by atoms with van der Waals surface area (Å²) in [6.07, 6.45) is 1.04. The second-order valence-corrected chi connectivity index (χ2v) is 6.10. The largest absolute Gasteiger partial charge is 0.350 e. The first kappa shape index (κ1) is 17.2. The number of amides is 1. The van der Waals surface area contributed by atoms with Gasteiger partial charge in [-0.3, -0.25) is 4.79 Å². The minimum atomic E-state index is -0.0138. The van der Waals surface area contributed by atoms with Crippen LogP contribution in [0.15, 0.2) is 48.5 Å². The predicted octanol–water partition coefficient (Wildman–Crippen LogP) is 3.59. The highest BCUT2D eigenvalue weighted by atomic mass is 16.1. The molecule has 0 bridgehead atoms. The fourth-order valence-corrected chi connectivity index (χ4v) is 2.69. The Kier molecular flexibility index (Phi) is 5.94. The standard InChI is InChI=1S/C20H26N2O/c1-5-16-10-12-17(13-11-16)19(22(3)4)14-21-20(23)18-9-7-6-8-15(18)2/h6-13,19H,5,14H2,1-4H3,(H,21,23). The molecule has 3 heteroatoms. The molecule has 2 aromatic carbocycles. The lowest BCUT2D eigenvalue weighted by Gasteiger charge is -2.25. The fraction of sp³-hybridized carbons (Fsp3) is 0.350. The van der Waals surface area contributed by atoms with E-state index in [1.165, 1.54) is 11.1 Å². The molecule has 3 nitrogen and oxygen atoms in total. The summed E-state index contributed by atoms with van der Waals surface area (Å²) in [5.74, 6) is -0.0138. The third-order valence-electron chi connectivity index (χ3n) is 4.24. The highest BCUT2D eigenvalue weighted by Gasteiger charge is 2.16. The molecular formula is C20H26N2O. The number of likely N-dealkylation sites (N-methyl/N-ethyl adjacent to an activating group) is 1. The van der Waals surface area contributed by atoms with E-state index in [0.29, 0.717) is 6.54 Å². The summed E-state index contributed by atoms with van der Waals surface area (Å²) in [6.45, 7) is 4.70. The first-order chi connectivity index (χ1) is 11.0. The van der Waals surface area contributed by atoms with Crippen molar-refractivity contribution in [3.05, 3.63) is 70.8 Å². The van der Waals surface area contributed by atoms with E-state index >= 15 is 0 Å². The lowest BCUT2D eigenvalue weighted by Crippen LogP contribution is -2.34. The van der Waals surface area contributed by atoms with Gasteiger partial charge in [0.05, 0.1) is 6.04 Å². The summed E-state index contributed by atoms with van der Waals surface area (Å²) in [7, 11) is 4.08. The van der Waals surface area contributed by atoms with Crippen LogP contribution in [0.25, 0.3) is 0 Å². The maximum absolute atomic E-state index is 12.4. The second-order valence-electron chi connectivity index (χ2n) is 6.10. The normalized spacial score (nSPS) is 12.2. The van der Waals surface area contributed by atoms with E-state index in [1.54, 1.807) is 0 Å². The van der Waals surface area contributed by atoms with E-state index in [1.807, 2.05) is 45.3 Å². The van der Waals surface area contributed by atoms with Gasteiger partial charge in [-0.2, -0.15) is 0 Å². The topological polar surface area (TPSA) is 32.3 Å². The molecule has 0 saturated heterocycles. The van der Waals surface area contributed by atoms with E-state index < -0.39 is 0 Å². The van der Waals surface area contributed by atoms with Gasteiger partial charge in [-0.25, -0.2) is 0 Å². The molecular weight excluding hydrogens is 284 g/mol. The molecule has 23 heavy (non-hydrogen) atoms. The Labute approximate surface area is 139 Å². The number of rotatable bonds is 6. The number of hydrogen-bond donors (Lipinski definition) is 1. The number of benzene rings is 2. The number of nitrogens with one attached hydrogen (secondary N) is 1. The number of carbonyl (C=O) groups is 1. The number of carbonyl (C=O) groups excluding carboxylic acids is 1. The van der Waals surface area contributed by atoms with E-state index in [0.717, 1.165) is 17.5 Å². The smallest absolute Gasteiger partial charge is 0.251 e. The molecule has 0 aliphatic carbocycles. The van der Waals surface area contributed by atoms with E-state index in [9.17, 15) is 4.79 Å². The molecule has 0 aliphatic heterocycles. The molecule has 1 N–H and O–H groups in total. The summed E-state index contributed by atoms with van der Waals surface area (Å²) in [6, 6.07) is 16.5. The lowest BCUT2D eigenvalue weighted by atomic mass is 10.0. The van der Waals surface area contributed by atoms with Gasteiger partial charge in [0.25, 0.3) is 5.91 Å². The van der Waals surface area contributed by atoms with Crippen molar-refractivity contribution >= 4 is 5.91 Å². The quantitative estimate of drug-likeness (QED) is 0.884. The zero-order valence-electron chi connectivity index (χ0n) is 14.5. The maximum atomic E-state index is 12.4. The first-order valence-electron chi connectivity index (χ1n) is 8.12.